The summed E-state index contributed by atoms with van der Waals surface area (Å²) in [6.45, 7) is 18.5. The lowest BCUT2D eigenvalue weighted by atomic mass is 9.73. The predicted octanol–water partition coefficient (Wildman–Crippen LogP) is 10.1. The number of Topliss-reactive ketones (excluding diaryl/α,β-unsaturated/α-hetero) is 1. The van der Waals surface area contributed by atoms with Crippen molar-refractivity contribution in [1.29, 1.82) is 0 Å². The molecule has 0 fully saturated rings. The van der Waals surface area contributed by atoms with E-state index in [2.05, 4.69) is 11.1 Å². The summed E-state index contributed by atoms with van der Waals surface area (Å²) in [5.74, 6) is -2.54. The molecule has 0 bridgehead atoms. The van der Waals surface area contributed by atoms with E-state index < -0.39 is 54.4 Å². The number of aliphatic carboxylic acids is 1. The van der Waals surface area contributed by atoms with E-state index in [1.165, 1.54) is 0 Å². The Morgan fingerprint density at radius 3 is 2.18 bits per heavy atom. The third kappa shape index (κ3) is 15.5. The van der Waals surface area contributed by atoms with Crippen LogP contribution in [0.1, 0.15) is 92.3 Å². The minimum Gasteiger partial charge on any atom is -0.481 e. The molecule has 1 heterocycles. The Bertz CT molecular complexity index is 1350. The average molecular weight is 796 g/mol. The van der Waals surface area contributed by atoms with Crippen LogP contribution in [0, 0.1) is 24.2 Å². The second kappa shape index (κ2) is 21.1. The van der Waals surface area contributed by atoms with Gasteiger partial charge < -0.3 is 24.7 Å². The number of carboxylic acid groups (broad SMARTS) is 1. The molecule has 3 N–H and O–H groups in total. The van der Waals surface area contributed by atoms with E-state index in [0.29, 0.717) is 12.8 Å². The number of carbonyl (C=O) groups excluding carboxylic acids is 2. The van der Waals surface area contributed by atoms with Crippen LogP contribution in [-0.2, 0) is 23.5 Å². The number of nitrogens with two attached hydrogens (primary N) is 1. The van der Waals surface area contributed by atoms with Gasteiger partial charge in [0, 0.05) is 16.8 Å². The van der Waals surface area contributed by atoms with E-state index in [4.69, 9.17) is 54.4 Å². The van der Waals surface area contributed by atoms with E-state index in [1.807, 2.05) is 72.1 Å². The number of rotatable bonds is 21. The summed E-state index contributed by atoms with van der Waals surface area (Å²) < 4.78 is 15.6. The second-order valence-electron chi connectivity index (χ2n) is 13.6. The summed E-state index contributed by atoms with van der Waals surface area (Å²) in [7, 11) is -2.29. The molecule has 0 spiro atoms. The van der Waals surface area contributed by atoms with Gasteiger partial charge in [0.1, 0.15) is 18.5 Å². The average Bonchev–Trinajstić information content (AvgIpc) is 3.45. The lowest BCUT2D eigenvalue weighted by Crippen LogP contribution is -2.51. The van der Waals surface area contributed by atoms with Gasteiger partial charge in [-0.15, -0.1) is 11.3 Å². The monoisotopic (exact) mass is 794 g/mol. The first kappa shape index (κ1) is 46.3. The van der Waals surface area contributed by atoms with Gasteiger partial charge in [0.25, 0.3) is 0 Å². The number of carbonyl (C=O) groups is 3. The van der Waals surface area contributed by atoms with Crippen LogP contribution in [0.5, 0.6) is 0 Å². The van der Waals surface area contributed by atoms with E-state index in [0.717, 1.165) is 40.0 Å². The highest BCUT2D eigenvalue weighted by Gasteiger charge is 2.47. The van der Waals surface area contributed by atoms with Gasteiger partial charge in [0.05, 0.1) is 29.1 Å². The molecule has 1 aromatic heterocycles. The number of ether oxygens (including phenoxy) is 2. The van der Waals surface area contributed by atoms with Crippen molar-refractivity contribution in [3.63, 3.8) is 0 Å². The molecule has 14 heteroatoms. The van der Waals surface area contributed by atoms with Crippen LogP contribution in [0.15, 0.2) is 34.8 Å². The van der Waals surface area contributed by atoms with Crippen LogP contribution in [0.3, 0.4) is 0 Å². The number of hydrogen-bond acceptors (Lipinski definition) is 9. The molecule has 0 unspecified atom stereocenters. The number of hydrogen-bond donors (Lipinski definition) is 2. The fourth-order valence-corrected chi connectivity index (χ4v) is 9.47. The normalized spacial score (nSPS) is 16.5. The van der Waals surface area contributed by atoms with Crippen LogP contribution in [-0.4, -0.2) is 65.0 Å². The quantitative estimate of drug-likeness (QED) is 0.0539. The highest BCUT2D eigenvalue weighted by atomic mass is 35.6. The number of aryl methyl sites for hydroxylation is 1. The van der Waals surface area contributed by atoms with Crippen molar-refractivity contribution in [3.8, 4) is 0 Å². The molecule has 0 aliphatic heterocycles. The fourth-order valence-electron chi connectivity index (χ4n) is 5.75. The Balaban J connectivity index is 3.24. The zero-order valence-corrected chi connectivity index (χ0v) is 35.3. The first-order valence-electron chi connectivity index (χ1n) is 17.1. The van der Waals surface area contributed by atoms with E-state index >= 15 is 0 Å². The van der Waals surface area contributed by atoms with Gasteiger partial charge in [-0.2, -0.15) is 0 Å². The van der Waals surface area contributed by atoms with Gasteiger partial charge in [-0.1, -0.05) is 113 Å². The minimum atomic E-state index is -2.29. The summed E-state index contributed by atoms with van der Waals surface area (Å²) in [5.41, 5.74) is 8.14. The van der Waals surface area contributed by atoms with Crippen molar-refractivity contribution in [3.05, 3.63) is 45.5 Å². The molecule has 5 atom stereocenters. The zero-order chi connectivity index (χ0) is 38.4. The number of ketones is 1. The summed E-state index contributed by atoms with van der Waals surface area (Å²) in [6.07, 6.45) is 5.85. The molecule has 1 rings (SSSR count). The molecule has 0 saturated heterocycles. The molecule has 50 heavy (non-hydrogen) atoms. The highest BCUT2D eigenvalue weighted by Crippen LogP contribution is 2.38. The van der Waals surface area contributed by atoms with Gasteiger partial charge in [-0.25, -0.2) is 9.78 Å². The fraction of sp³-hybridized carbons (Fsp3) is 0.667. The molecule has 1 aromatic rings. The number of allylic oxidation sites excluding steroid dienone is 3. The lowest BCUT2D eigenvalue weighted by molar-refractivity contribution is -0.146. The molecule has 0 saturated carbocycles. The number of thiazole rings is 1. The Kier molecular flexibility index (Phi) is 19.5. The molecule has 9 nitrogen and oxygen atoms in total. The second-order valence-corrected chi connectivity index (χ2v) is 21.9. The van der Waals surface area contributed by atoms with Gasteiger partial charge in [0.15, 0.2) is 8.32 Å². The van der Waals surface area contributed by atoms with Crippen LogP contribution in [0.2, 0.25) is 18.1 Å². The molecule has 0 aliphatic carbocycles. The Labute approximate surface area is 319 Å². The van der Waals surface area contributed by atoms with Gasteiger partial charge in [-0.3, -0.25) is 9.59 Å². The number of nitrogens with zero attached hydrogens (tertiary/aromatic N) is 1. The maximum absolute atomic E-state index is 14.3. The van der Waals surface area contributed by atoms with Crippen molar-refractivity contribution in [2.75, 3.05) is 6.61 Å². The lowest BCUT2D eigenvalue weighted by Gasteiger charge is -2.42. The molecule has 284 valence electrons. The van der Waals surface area contributed by atoms with Crippen LogP contribution in [0.25, 0.3) is 6.08 Å². The summed E-state index contributed by atoms with van der Waals surface area (Å²) in [6, 6.07) is 2.22. The number of alkyl halides is 3. The molecular weight excluding hydrogens is 739 g/mol. The predicted molar refractivity (Wildman–Crippen MR) is 209 cm³/mol. The Hall–Kier alpha value is -1.73. The molecule has 0 amide bonds. The summed E-state index contributed by atoms with van der Waals surface area (Å²) in [4.78, 5) is 43.5. The van der Waals surface area contributed by atoms with Crippen LogP contribution in [0.4, 0.5) is 4.79 Å². The first-order valence-corrected chi connectivity index (χ1v) is 21.7. The van der Waals surface area contributed by atoms with E-state index in [1.54, 1.807) is 32.1 Å². The van der Waals surface area contributed by atoms with Crippen molar-refractivity contribution >= 4 is 78.4 Å². The van der Waals surface area contributed by atoms with Crippen LogP contribution >= 0.6 is 46.1 Å². The van der Waals surface area contributed by atoms with E-state index in [-0.39, 0.29) is 24.2 Å². The maximum atomic E-state index is 14.3. The first-order chi connectivity index (χ1) is 23.1. The smallest absolute Gasteiger partial charge is 0.481 e. The topological polar surface area (TPSA) is 138 Å². The SMILES string of the molecule is CC[Si](CC)(CC)O[C@@H](CC(=O)O)C(C)(C)C(=O)[C@H](C)[C@@H](OC(=O)OCC(Cl)(Cl)Cl)[C@@H](C)CC=CC(C)=CC[C@H](N)C(C)=Cc1csc(C)n1. The van der Waals surface area contributed by atoms with Crippen molar-refractivity contribution < 1.29 is 33.4 Å². The van der Waals surface area contributed by atoms with E-state index in [9.17, 15) is 19.5 Å². The standard InChI is InChI=1S/C36H57Cl3N2O7SSi/c1-11-50(12-2,13-3)48-30(20-31(42)43)35(9,10)33(44)26(7)32(47-34(45)46-22-36(37,38)39)24(5)16-14-15-23(4)17-18-29(40)25(6)19-28-21-49-27(8)41-28/h14-15,17,19,21,24,26,29-30,32H,11-13,16,18,20,22,40H2,1-10H3,(H,42,43)/t24-,26+,29-,30-,32-/m0/s1. The number of aromatic nitrogens is 1. The van der Waals surface area contributed by atoms with Crippen molar-refractivity contribution in [2.24, 2.45) is 23.0 Å². The molecule has 0 aromatic carbocycles. The zero-order valence-electron chi connectivity index (χ0n) is 31.2. The number of halogens is 3. The third-order valence-electron chi connectivity index (χ3n) is 9.36. The van der Waals surface area contributed by atoms with Crippen molar-refractivity contribution in [2.45, 2.75) is 129 Å². The number of carboxylic acids is 1. The molecule has 0 radical (unpaired) electrons. The highest BCUT2D eigenvalue weighted by molar-refractivity contribution is 7.09. The van der Waals surface area contributed by atoms with Gasteiger partial charge in [0.2, 0.25) is 3.79 Å². The largest absolute Gasteiger partial charge is 0.508 e. The maximum Gasteiger partial charge on any atom is 0.508 e. The van der Waals surface area contributed by atoms with Crippen LogP contribution < -0.4 is 5.73 Å². The minimum absolute atomic E-state index is 0.167. The Morgan fingerprint density at radius 1 is 1.08 bits per heavy atom. The molecular formula is C36H57Cl3N2O7SSi. The summed E-state index contributed by atoms with van der Waals surface area (Å²) in [5, 5.41) is 12.8. The summed E-state index contributed by atoms with van der Waals surface area (Å²) >= 11 is 18.9. The van der Waals surface area contributed by atoms with Crippen molar-refractivity contribution in [1.82, 2.24) is 4.98 Å². The van der Waals surface area contributed by atoms with Gasteiger partial charge in [-0.05, 0) is 63.7 Å². The molecule has 0 aliphatic rings. The van der Waals surface area contributed by atoms with Gasteiger partial charge >= 0.3 is 12.1 Å². The Morgan fingerprint density at radius 2 is 1.68 bits per heavy atom. The third-order valence-corrected chi connectivity index (χ3v) is 15.1.